The molecule has 4 rings (SSSR count). The number of carbonyl (C=O) groups excluding carboxylic acids is 1. The molecule has 0 amide bonds. The number of aryl methyl sites for hydroxylation is 1. The van der Waals surface area contributed by atoms with Crippen LogP contribution in [0.15, 0.2) is 36.0 Å². The molecule has 116 valence electrons. The third-order valence-corrected chi connectivity index (χ3v) is 4.87. The number of hydrogen-bond donors (Lipinski definition) is 0. The molecule has 6 heteroatoms. The lowest BCUT2D eigenvalue weighted by Gasteiger charge is -2.04. The lowest BCUT2D eigenvalue weighted by atomic mass is 10.2. The summed E-state index contributed by atoms with van der Waals surface area (Å²) in [6.45, 7) is 0.685. The summed E-state index contributed by atoms with van der Waals surface area (Å²) in [6, 6.07) is 7.95. The van der Waals surface area contributed by atoms with Crippen LogP contribution in [0.1, 0.15) is 27.3 Å². The van der Waals surface area contributed by atoms with Crippen molar-refractivity contribution in [2.45, 2.75) is 19.4 Å². The maximum Gasteiger partial charge on any atom is 0.175 e. The molecule has 1 aromatic carbocycles. The van der Waals surface area contributed by atoms with E-state index in [0.29, 0.717) is 19.4 Å². The van der Waals surface area contributed by atoms with Crippen LogP contribution in [-0.4, -0.2) is 27.7 Å². The van der Waals surface area contributed by atoms with Crippen LogP contribution in [0.2, 0.25) is 0 Å². The van der Waals surface area contributed by atoms with Crippen LogP contribution >= 0.6 is 11.3 Å². The van der Waals surface area contributed by atoms with Crippen molar-refractivity contribution in [3.63, 3.8) is 0 Å². The summed E-state index contributed by atoms with van der Waals surface area (Å²) in [5.41, 5.74) is 5.61. The topological polar surface area (TPSA) is 57.0 Å². The van der Waals surface area contributed by atoms with Crippen LogP contribution in [0.25, 0.3) is 11.3 Å². The molecule has 1 aliphatic rings. The first-order valence-corrected chi connectivity index (χ1v) is 8.29. The lowest BCUT2D eigenvalue weighted by Crippen LogP contribution is -2.02. The highest BCUT2D eigenvalue weighted by Gasteiger charge is 2.25. The molecule has 0 unspecified atom stereocenters. The maximum absolute atomic E-state index is 12.1. The minimum atomic E-state index is 0.169. The van der Waals surface area contributed by atoms with Crippen LogP contribution in [0, 0.1) is 0 Å². The molecule has 5 nitrogen and oxygen atoms in total. The molecule has 0 fully saturated rings. The second-order valence-electron chi connectivity index (χ2n) is 5.49. The van der Waals surface area contributed by atoms with Gasteiger partial charge in [0.2, 0.25) is 0 Å². The average molecular weight is 325 g/mol. The first kappa shape index (κ1) is 14.1. The van der Waals surface area contributed by atoms with Crippen molar-refractivity contribution in [2.24, 2.45) is 0 Å². The lowest BCUT2D eigenvalue weighted by molar-refractivity contribution is 0.0987. The third kappa shape index (κ3) is 2.55. The molecule has 2 heterocycles. The highest BCUT2D eigenvalue weighted by atomic mass is 32.1. The zero-order chi connectivity index (χ0) is 15.8. The molecule has 0 aliphatic heterocycles. The van der Waals surface area contributed by atoms with Gasteiger partial charge in [-0.3, -0.25) is 9.48 Å². The van der Waals surface area contributed by atoms with Crippen LogP contribution < -0.4 is 4.74 Å². The number of aromatic nitrogens is 3. The molecule has 0 radical (unpaired) electrons. The van der Waals surface area contributed by atoms with E-state index >= 15 is 0 Å². The van der Waals surface area contributed by atoms with Gasteiger partial charge in [0.25, 0.3) is 0 Å². The van der Waals surface area contributed by atoms with Crippen molar-refractivity contribution < 1.29 is 9.53 Å². The van der Waals surface area contributed by atoms with Gasteiger partial charge < -0.3 is 4.74 Å². The highest BCUT2D eigenvalue weighted by molar-refractivity contribution is 7.12. The fraction of sp³-hybridized carbons (Fsp3) is 0.235. The number of hydrogen-bond acceptors (Lipinski definition) is 5. The summed E-state index contributed by atoms with van der Waals surface area (Å²) in [6.07, 6.45) is 3.17. The molecular formula is C17H15N3O2S. The Kier molecular flexibility index (Phi) is 3.46. The SMILES string of the molecule is COc1ccc(Cn2cc3c(n2)CCC(=O)c2scnc2-3)cc1. The molecule has 1 aliphatic carbocycles. The van der Waals surface area contributed by atoms with Crippen LogP contribution in [0.5, 0.6) is 5.75 Å². The van der Waals surface area contributed by atoms with Gasteiger partial charge in [-0.05, 0) is 24.1 Å². The monoisotopic (exact) mass is 325 g/mol. The fourth-order valence-corrected chi connectivity index (χ4v) is 3.60. The van der Waals surface area contributed by atoms with E-state index < -0.39 is 0 Å². The van der Waals surface area contributed by atoms with E-state index in [1.807, 2.05) is 35.1 Å². The quantitative estimate of drug-likeness (QED) is 0.742. The maximum atomic E-state index is 12.1. The van der Waals surface area contributed by atoms with E-state index in [1.165, 1.54) is 11.3 Å². The van der Waals surface area contributed by atoms with Gasteiger partial charge in [0.15, 0.2) is 5.78 Å². The fourth-order valence-electron chi connectivity index (χ4n) is 2.82. The molecule has 0 spiro atoms. The zero-order valence-electron chi connectivity index (χ0n) is 12.7. The van der Waals surface area contributed by atoms with E-state index in [2.05, 4.69) is 10.1 Å². The van der Waals surface area contributed by atoms with E-state index in [9.17, 15) is 4.79 Å². The Morgan fingerprint density at radius 3 is 2.87 bits per heavy atom. The van der Waals surface area contributed by atoms with E-state index in [0.717, 1.165) is 33.1 Å². The Morgan fingerprint density at radius 2 is 2.09 bits per heavy atom. The minimum Gasteiger partial charge on any atom is -0.497 e. The molecule has 0 atom stereocenters. The van der Waals surface area contributed by atoms with Gasteiger partial charge in [-0.1, -0.05) is 12.1 Å². The number of rotatable bonds is 3. The van der Waals surface area contributed by atoms with Gasteiger partial charge in [0.05, 0.1) is 35.4 Å². The van der Waals surface area contributed by atoms with Crippen molar-refractivity contribution >= 4 is 17.1 Å². The summed E-state index contributed by atoms with van der Waals surface area (Å²) in [7, 11) is 1.66. The number of Topliss-reactive ketones (excluding diaryl/α,β-unsaturated/α-hetero) is 1. The second-order valence-corrected chi connectivity index (χ2v) is 6.34. The zero-order valence-corrected chi connectivity index (χ0v) is 13.5. The standard InChI is InChI=1S/C17H15N3O2S/c1-22-12-4-2-11(3-5-12)8-20-9-13-14(19-20)6-7-15(21)17-16(13)18-10-23-17/h2-5,9-10H,6-8H2,1H3. The summed E-state index contributed by atoms with van der Waals surface area (Å²) in [5.74, 6) is 1.01. The highest BCUT2D eigenvalue weighted by Crippen LogP contribution is 2.33. The Balaban J connectivity index is 1.66. The number of benzene rings is 1. The third-order valence-electron chi connectivity index (χ3n) is 4.01. The van der Waals surface area contributed by atoms with E-state index in [4.69, 9.17) is 4.74 Å². The summed E-state index contributed by atoms with van der Waals surface area (Å²) in [5, 5.41) is 4.66. The summed E-state index contributed by atoms with van der Waals surface area (Å²) >= 11 is 1.42. The molecular weight excluding hydrogens is 310 g/mol. The van der Waals surface area contributed by atoms with E-state index in [1.54, 1.807) is 12.6 Å². The van der Waals surface area contributed by atoms with Crippen molar-refractivity contribution in [3.05, 3.63) is 52.1 Å². The molecule has 0 saturated heterocycles. The molecule has 0 saturated carbocycles. The summed E-state index contributed by atoms with van der Waals surface area (Å²) < 4.78 is 7.10. The molecule has 0 N–H and O–H groups in total. The van der Waals surface area contributed by atoms with Gasteiger partial charge in [-0.15, -0.1) is 11.3 Å². The first-order chi connectivity index (χ1) is 11.2. The number of fused-ring (bicyclic) bond motifs is 3. The van der Waals surface area contributed by atoms with E-state index in [-0.39, 0.29) is 5.78 Å². The predicted octanol–water partition coefficient (Wildman–Crippen LogP) is 3.19. The van der Waals surface area contributed by atoms with Crippen LogP contribution in [0.3, 0.4) is 0 Å². The van der Waals surface area contributed by atoms with Gasteiger partial charge in [0.1, 0.15) is 5.75 Å². The Morgan fingerprint density at radius 1 is 1.26 bits per heavy atom. The van der Waals surface area contributed by atoms with Gasteiger partial charge in [-0.25, -0.2) is 4.98 Å². The number of thiazole rings is 1. The molecule has 0 bridgehead atoms. The Labute approximate surface area is 137 Å². The van der Waals surface area contributed by atoms with Gasteiger partial charge in [0, 0.05) is 18.2 Å². The van der Waals surface area contributed by atoms with Crippen molar-refractivity contribution in [3.8, 4) is 17.0 Å². The van der Waals surface area contributed by atoms with Crippen LogP contribution in [0.4, 0.5) is 0 Å². The van der Waals surface area contributed by atoms with Gasteiger partial charge in [-0.2, -0.15) is 5.10 Å². The molecule has 2 aromatic heterocycles. The Hall–Kier alpha value is -2.47. The smallest absolute Gasteiger partial charge is 0.175 e. The second kappa shape index (κ2) is 5.62. The normalized spacial score (nSPS) is 13.3. The number of carbonyl (C=O) groups is 1. The summed E-state index contributed by atoms with van der Waals surface area (Å²) in [4.78, 5) is 17.2. The number of ketones is 1. The predicted molar refractivity (Wildman–Crippen MR) is 88.1 cm³/mol. The minimum absolute atomic E-state index is 0.169. The first-order valence-electron chi connectivity index (χ1n) is 7.41. The van der Waals surface area contributed by atoms with Gasteiger partial charge >= 0.3 is 0 Å². The number of methoxy groups -OCH3 is 1. The van der Waals surface area contributed by atoms with Crippen molar-refractivity contribution in [2.75, 3.05) is 7.11 Å². The largest absolute Gasteiger partial charge is 0.497 e. The Bertz CT molecular complexity index is 864. The molecule has 3 aromatic rings. The number of nitrogens with zero attached hydrogens (tertiary/aromatic N) is 3. The van der Waals surface area contributed by atoms with Crippen LogP contribution in [-0.2, 0) is 13.0 Å². The van der Waals surface area contributed by atoms with Crippen molar-refractivity contribution in [1.82, 2.24) is 14.8 Å². The average Bonchev–Trinajstić information content (AvgIpc) is 3.17. The van der Waals surface area contributed by atoms with Crippen molar-refractivity contribution in [1.29, 1.82) is 0 Å². The number of ether oxygens (including phenoxy) is 1. The molecule has 23 heavy (non-hydrogen) atoms.